The maximum atomic E-state index is 5.94. The van der Waals surface area contributed by atoms with E-state index in [0.29, 0.717) is 0 Å². The van der Waals surface area contributed by atoms with E-state index in [1.807, 2.05) is 11.8 Å². The minimum Gasteiger partial charge on any atom is -0.330 e. The molecule has 0 radical (unpaired) electrons. The monoisotopic (exact) mass is 271 g/mol. The molecule has 0 aliphatic carbocycles. The van der Waals surface area contributed by atoms with Crippen LogP contribution in [0.1, 0.15) is 12.0 Å². The molecule has 0 aromatic heterocycles. The van der Waals surface area contributed by atoms with Crippen LogP contribution in [-0.2, 0) is 5.41 Å². The van der Waals surface area contributed by atoms with E-state index < -0.39 is 0 Å². The Kier molecular flexibility index (Phi) is 3.20. The van der Waals surface area contributed by atoms with Gasteiger partial charge in [0.15, 0.2) is 0 Å². The molecule has 1 aromatic rings. The summed E-state index contributed by atoms with van der Waals surface area (Å²) in [6, 6.07) is 8.46. The van der Waals surface area contributed by atoms with Crippen molar-refractivity contribution in [1.29, 1.82) is 0 Å². The summed E-state index contributed by atoms with van der Waals surface area (Å²) in [5.41, 5.74) is 7.53. The second-order valence-corrected chi connectivity index (χ2v) is 5.73. The summed E-state index contributed by atoms with van der Waals surface area (Å²) >= 11 is 5.63. The first-order valence-electron chi connectivity index (χ1n) is 4.81. The van der Waals surface area contributed by atoms with E-state index in [9.17, 15) is 0 Å². The van der Waals surface area contributed by atoms with Gasteiger partial charge in [-0.1, -0.05) is 34.1 Å². The van der Waals surface area contributed by atoms with Crippen LogP contribution in [0.3, 0.4) is 0 Å². The van der Waals surface area contributed by atoms with Crippen LogP contribution in [0.2, 0.25) is 0 Å². The lowest BCUT2D eigenvalue weighted by Gasteiger charge is -2.28. The summed E-state index contributed by atoms with van der Waals surface area (Å²) in [5.74, 6) is 2.39. The molecule has 1 atom stereocenters. The van der Waals surface area contributed by atoms with Crippen molar-refractivity contribution in [3.8, 4) is 0 Å². The molecule has 1 aliphatic heterocycles. The van der Waals surface area contributed by atoms with Crippen molar-refractivity contribution in [2.75, 3.05) is 18.1 Å². The van der Waals surface area contributed by atoms with Gasteiger partial charge in [0, 0.05) is 22.2 Å². The summed E-state index contributed by atoms with van der Waals surface area (Å²) in [4.78, 5) is 0. The fourth-order valence-corrected chi connectivity index (χ4v) is 4.18. The van der Waals surface area contributed by atoms with Gasteiger partial charge in [-0.25, -0.2) is 0 Å². The quantitative estimate of drug-likeness (QED) is 0.896. The minimum absolute atomic E-state index is 0.213. The van der Waals surface area contributed by atoms with E-state index in [1.54, 1.807) is 0 Å². The number of nitrogens with two attached hydrogens (primary N) is 1. The Morgan fingerprint density at radius 2 is 2.21 bits per heavy atom. The predicted molar refractivity (Wildman–Crippen MR) is 66.8 cm³/mol. The fourth-order valence-electron chi connectivity index (χ4n) is 1.98. The molecule has 3 heteroatoms. The summed E-state index contributed by atoms with van der Waals surface area (Å²) in [6.07, 6.45) is 1.21. The molecule has 1 aliphatic rings. The van der Waals surface area contributed by atoms with Gasteiger partial charge in [-0.3, -0.25) is 0 Å². The second-order valence-electron chi connectivity index (χ2n) is 3.77. The van der Waals surface area contributed by atoms with Gasteiger partial charge >= 0.3 is 0 Å². The molecule has 1 aromatic carbocycles. The number of hydrogen-bond acceptors (Lipinski definition) is 2. The first-order valence-corrected chi connectivity index (χ1v) is 6.76. The topological polar surface area (TPSA) is 26.0 Å². The summed E-state index contributed by atoms with van der Waals surface area (Å²) in [6.45, 7) is 0.753. The maximum Gasteiger partial charge on any atom is 0.0213 e. The van der Waals surface area contributed by atoms with Crippen LogP contribution >= 0.6 is 27.7 Å². The summed E-state index contributed by atoms with van der Waals surface area (Å²) in [7, 11) is 0. The lowest BCUT2D eigenvalue weighted by molar-refractivity contribution is 0.495. The maximum absolute atomic E-state index is 5.94. The molecule has 0 saturated carbocycles. The van der Waals surface area contributed by atoms with E-state index in [1.165, 1.54) is 22.2 Å². The predicted octanol–water partition coefficient (Wildman–Crippen LogP) is 2.78. The largest absolute Gasteiger partial charge is 0.330 e. The highest BCUT2D eigenvalue weighted by Gasteiger charge is 2.35. The van der Waals surface area contributed by atoms with Crippen molar-refractivity contribution >= 4 is 27.7 Å². The Labute approximate surface area is 97.6 Å². The highest BCUT2D eigenvalue weighted by molar-refractivity contribution is 9.10. The third kappa shape index (κ3) is 1.73. The number of thioether (sulfide) groups is 1. The standard InChI is InChI=1S/C11H14BrNS/c12-10-4-2-1-3-9(10)11(7-13)5-6-14-8-11/h1-4H,5-8,13H2. The van der Waals surface area contributed by atoms with Crippen LogP contribution in [-0.4, -0.2) is 18.1 Å². The third-order valence-corrected chi connectivity index (χ3v) is 4.88. The van der Waals surface area contributed by atoms with Crippen molar-refractivity contribution in [3.63, 3.8) is 0 Å². The van der Waals surface area contributed by atoms with Crippen molar-refractivity contribution in [2.24, 2.45) is 5.73 Å². The van der Waals surface area contributed by atoms with Gasteiger partial charge in [0.1, 0.15) is 0 Å². The van der Waals surface area contributed by atoms with Gasteiger partial charge in [0.05, 0.1) is 0 Å². The zero-order chi connectivity index (χ0) is 10.0. The fraction of sp³-hybridized carbons (Fsp3) is 0.455. The van der Waals surface area contributed by atoms with E-state index in [0.717, 1.165) is 12.3 Å². The van der Waals surface area contributed by atoms with Crippen molar-refractivity contribution in [1.82, 2.24) is 0 Å². The zero-order valence-corrected chi connectivity index (χ0v) is 10.4. The van der Waals surface area contributed by atoms with Crippen molar-refractivity contribution in [2.45, 2.75) is 11.8 Å². The van der Waals surface area contributed by atoms with Gasteiger partial charge in [-0.05, 0) is 23.8 Å². The summed E-state index contributed by atoms with van der Waals surface area (Å²) in [5, 5.41) is 0. The highest BCUT2D eigenvalue weighted by Crippen LogP contribution is 2.41. The molecular weight excluding hydrogens is 258 g/mol. The van der Waals surface area contributed by atoms with Crippen molar-refractivity contribution in [3.05, 3.63) is 34.3 Å². The third-order valence-electron chi connectivity index (χ3n) is 2.94. The SMILES string of the molecule is NCC1(c2ccccc2Br)CCSC1. The molecular formula is C11H14BrNS. The second kappa shape index (κ2) is 4.25. The van der Waals surface area contributed by atoms with Gasteiger partial charge < -0.3 is 5.73 Å². The highest BCUT2D eigenvalue weighted by atomic mass is 79.9. The first kappa shape index (κ1) is 10.5. The van der Waals surface area contributed by atoms with E-state index in [2.05, 4.69) is 40.2 Å². The number of hydrogen-bond donors (Lipinski definition) is 1. The Morgan fingerprint density at radius 3 is 2.79 bits per heavy atom. The zero-order valence-electron chi connectivity index (χ0n) is 8.00. The molecule has 0 spiro atoms. The van der Waals surface area contributed by atoms with Crippen molar-refractivity contribution < 1.29 is 0 Å². The van der Waals surface area contributed by atoms with Crippen LogP contribution in [0.5, 0.6) is 0 Å². The van der Waals surface area contributed by atoms with Gasteiger partial charge in [-0.2, -0.15) is 11.8 Å². The number of benzene rings is 1. The number of halogens is 1. The molecule has 2 N–H and O–H groups in total. The lowest BCUT2D eigenvalue weighted by atomic mass is 9.80. The van der Waals surface area contributed by atoms with Gasteiger partial charge in [-0.15, -0.1) is 0 Å². The van der Waals surface area contributed by atoms with E-state index >= 15 is 0 Å². The van der Waals surface area contributed by atoms with Crippen LogP contribution in [0.15, 0.2) is 28.7 Å². The lowest BCUT2D eigenvalue weighted by Crippen LogP contribution is -2.35. The van der Waals surface area contributed by atoms with Gasteiger partial charge in [0.25, 0.3) is 0 Å². The molecule has 76 valence electrons. The Balaban J connectivity index is 2.41. The smallest absolute Gasteiger partial charge is 0.0213 e. The normalized spacial score (nSPS) is 26.7. The van der Waals surface area contributed by atoms with Crippen LogP contribution in [0, 0.1) is 0 Å². The molecule has 1 unspecified atom stereocenters. The molecule has 1 saturated heterocycles. The van der Waals surface area contributed by atoms with Gasteiger partial charge in [0.2, 0.25) is 0 Å². The molecule has 0 bridgehead atoms. The van der Waals surface area contributed by atoms with E-state index in [-0.39, 0.29) is 5.41 Å². The van der Waals surface area contributed by atoms with Crippen LogP contribution in [0.4, 0.5) is 0 Å². The Hall–Kier alpha value is 0.01000. The van der Waals surface area contributed by atoms with Crippen LogP contribution < -0.4 is 5.73 Å². The Morgan fingerprint density at radius 1 is 1.43 bits per heavy atom. The average molecular weight is 272 g/mol. The molecule has 0 amide bonds. The first-order chi connectivity index (χ1) is 6.78. The Bertz CT molecular complexity index is 321. The minimum atomic E-state index is 0.213. The number of rotatable bonds is 2. The summed E-state index contributed by atoms with van der Waals surface area (Å²) < 4.78 is 1.20. The molecule has 1 fully saturated rings. The van der Waals surface area contributed by atoms with E-state index in [4.69, 9.17) is 5.73 Å². The molecule has 1 nitrogen and oxygen atoms in total. The molecule has 2 rings (SSSR count). The molecule has 1 heterocycles. The molecule has 14 heavy (non-hydrogen) atoms. The van der Waals surface area contributed by atoms with Crippen LogP contribution in [0.25, 0.3) is 0 Å². The average Bonchev–Trinajstić information content (AvgIpc) is 2.68.